The van der Waals surface area contributed by atoms with Crippen LogP contribution < -0.4 is 10.6 Å². The van der Waals surface area contributed by atoms with Crippen LogP contribution in [-0.2, 0) is 4.79 Å². The highest BCUT2D eigenvalue weighted by molar-refractivity contribution is 5.81. The van der Waals surface area contributed by atoms with E-state index in [-0.39, 0.29) is 23.7 Å². The van der Waals surface area contributed by atoms with Gasteiger partial charge in [-0.15, -0.1) is 0 Å². The van der Waals surface area contributed by atoms with Gasteiger partial charge in [-0.3, -0.25) is 4.79 Å². The van der Waals surface area contributed by atoms with Crippen LogP contribution in [0.4, 0.5) is 14.5 Å². The zero-order chi connectivity index (χ0) is 13.1. The van der Waals surface area contributed by atoms with E-state index in [0.29, 0.717) is 0 Å². The van der Waals surface area contributed by atoms with Crippen molar-refractivity contribution in [2.24, 2.45) is 0 Å². The molecule has 0 spiro atoms. The van der Waals surface area contributed by atoms with Crippen molar-refractivity contribution in [1.29, 1.82) is 0 Å². The minimum Gasteiger partial charge on any atom is -0.374 e. The van der Waals surface area contributed by atoms with Crippen molar-refractivity contribution in [3.05, 3.63) is 29.8 Å². The molecule has 0 aliphatic carbocycles. The monoisotopic (exact) mass is 242 g/mol. The molecular weight excluding hydrogens is 226 g/mol. The standard InChI is InChI=1S/C12H16F2N2O/c1-12(2,3)16-11(17)7-15-10-6-8(13)4-5-9(10)14/h4-6,15H,7H2,1-3H3,(H,16,17). The minimum absolute atomic E-state index is 0.0194. The van der Waals surface area contributed by atoms with Crippen LogP contribution in [0.2, 0.25) is 0 Å². The highest BCUT2D eigenvalue weighted by Gasteiger charge is 2.13. The number of nitrogens with one attached hydrogen (secondary N) is 2. The quantitative estimate of drug-likeness (QED) is 0.853. The second-order valence-corrected chi connectivity index (χ2v) is 4.78. The number of rotatable bonds is 3. The van der Waals surface area contributed by atoms with Crippen LogP contribution in [0.25, 0.3) is 0 Å². The summed E-state index contributed by atoms with van der Waals surface area (Å²) in [5.41, 5.74) is -0.367. The Balaban J connectivity index is 2.56. The van der Waals surface area contributed by atoms with Crippen LogP contribution in [0, 0.1) is 11.6 Å². The summed E-state index contributed by atoms with van der Waals surface area (Å²) >= 11 is 0. The molecule has 0 heterocycles. The molecule has 0 bridgehead atoms. The van der Waals surface area contributed by atoms with E-state index in [0.717, 1.165) is 18.2 Å². The fourth-order valence-electron chi connectivity index (χ4n) is 1.27. The van der Waals surface area contributed by atoms with Crippen molar-refractivity contribution in [3.63, 3.8) is 0 Å². The van der Waals surface area contributed by atoms with E-state index in [1.807, 2.05) is 20.8 Å². The molecule has 17 heavy (non-hydrogen) atoms. The largest absolute Gasteiger partial charge is 0.374 e. The lowest BCUT2D eigenvalue weighted by molar-refractivity contribution is -0.120. The van der Waals surface area contributed by atoms with Crippen LogP contribution in [0.15, 0.2) is 18.2 Å². The first kappa shape index (κ1) is 13.4. The van der Waals surface area contributed by atoms with E-state index in [2.05, 4.69) is 10.6 Å². The molecular formula is C12H16F2N2O. The summed E-state index contributed by atoms with van der Waals surface area (Å²) in [6, 6.07) is 3.05. The van der Waals surface area contributed by atoms with Gasteiger partial charge in [0, 0.05) is 5.54 Å². The first-order valence-electron chi connectivity index (χ1n) is 5.28. The molecule has 2 N–H and O–H groups in total. The van der Waals surface area contributed by atoms with Crippen LogP contribution in [0.5, 0.6) is 0 Å². The summed E-state index contributed by atoms with van der Waals surface area (Å²) < 4.78 is 26.0. The number of halogens is 2. The Hall–Kier alpha value is -1.65. The summed E-state index contributed by atoms with van der Waals surface area (Å²) in [6.45, 7) is 5.42. The maximum atomic E-state index is 13.2. The van der Waals surface area contributed by atoms with E-state index in [9.17, 15) is 13.6 Å². The van der Waals surface area contributed by atoms with Crippen LogP contribution in [0.3, 0.4) is 0 Å². The van der Waals surface area contributed by atoms with Crippen LogP contribution in [0.1, 0.15) is 20.8 Å². The van der Waals surface area contributed by atoms with Gasteiger partial charge in [0.15, 0.2) is 0 Å². The highest BCUT2D eigenvalue weighted by Crippen LogP contribution is 2.14. The third-order valence-corrected chi connectivity index (χ3v) is 1.88. The molecule has 3 nitrogen and oxygen atoms in total. The molecule has 1 rings (SSSR count). The lowest BCUT2D eigenvalue weighted by Gasteiger charge is -2.20. The van der Waals surface area contributed by atoms with Crippen molar-refractivity contribution < 1.29 is 13.6 Å². The molecule has 0 radical (unpaired) electrons. The number of hydrogen-bond acceptors (Lipinski definition) is 2. The van der Waals surface area contributed by atoms with Crippen LogP contribution in [-0.4, -0.2) is 18.0 Å². The molecule has 0 saturated heterocycles. The van der Waals surface area contributed by atoms with Gasteiger partial charge in [-0.05, 0) is 39.0 Å². The molecule has 1 aromatic carbocycles. The number of amides is 1. The zero-order valence-corrected chi connectivity index (χ0v) is 10.1. The van der Waals surface area contributed by atoms with Gasteiger partial charge in [-0.1, -0.05) is 0 Å². The number of carbonyl (C=O) groups is 1. The second-order valence-electron chi connectivity index (χ2n) is 4.78. The maximum Gasteiger partial charge on any atom is 0.239 e. The van der Waals surface area contributed by atoms with Gasteiger partial charge in [0.05, 0.1) is 12.2 Å². The van der Waals surface area contributed by atoms with E-state index in [1.165, 1.54) is 0 Å². The molecule has 0 unspecified atom stereocenters. The summed E-state index contributed by atoms with van der Waals surface area (Å²) in [4.78, 5) is 11.4. The Morgan fingerprint density at radius 2 is 1.94 bits per heavy atom. The summed E-state index contributed by atoms with van der Waals surface area (Å²) in [7, 11) is 0. The van der Waals surface area contributed by atoms with Crippen molar-refractivity contribution in [2.45, 2.75) is 26.3 Å². The van der Waals surface area contributed by atoms with Crippen molar-refractivity contribution in [3.8, 4) is 0 Å². The molecule has 0 saturated carbocycles. The lowest BCUT2D eigenvalue weighted by atomic mass is 10.1. The molecule has 0 atom stereocenters. The average Bonchev–Trinajstić information content (AvgIpc) is 2.17. The molecule has 0 aromatic heterocycles. The van der Waals surface area contributed by atoms with E-state index >= 15 is 0 Å². The predicted molar refractivity (Wildman–Crippen MR) is 62.7 cm³/mol. The summed E-state index contributed by atoms with van der Waals surface area (Å²) in [6.07, 6.45) is 0. The number of anilines is 1. The topological polar surface area (TPSA) is 41.1 Å². The van der Waals surface area contributed by atoms with Gasteiger partial charge in [-0.25, -0.2) is 8.78 Å². The SMILES string of the molecule is CC(C)(C)NC(=O)CNc1cc(F)ccc1F. The Kier molecular flexibility index (Phi) is 4.04. The van der Waals surface area contributed by atoms with Gasteiger partial charge in [-0.2, -0.15) is 0 Å². The third kappa shape index (κ3) is 4.80. The molecule has 5 heteroatoms. The van der Waals surface area contributed by atoms with Gasteiger partial charge < -0.3 is 10.6 Å². The first-order valence-corrected chi connectivity index (χ1v) is 5.28. The number of benzene rings is 1. The predicted octanol–water partition coefficient (Wildman–Crippen LogP) is 2.29. The Morgan fingerprint density at radius 3 is 2.53 bits per heavy atom. The normalized spacial score (nSPS) is 11.1. The average molecular weight is 242 g/mol. The maximum absolute atomic E-state index is 13.2. The molecule has 0 fully saturated rings. The smallest absolute Gasteiger partial charge is 0.239 e. The highest BCUT2D eigenvalue weighted by atomic mass is 19.1. The number of hydrogen-bond donors (Lipinski definition) is 2. The Bertz CT molecular complexity index is 413. The molecule has 1 aromatic rings. The second kappa shape index (κ2) is 5.12. The molecule has 0 aliphatic rings. The number of carbonyl (C=O) groups excluding carboxylic acids is 1. The van der Waals surface area contributed by atoms with Gasteiger partial charge in [0.1, 0.15) is 11.6 Å². The van der Waals surface area contributed by atoms with Gasteiger partial charge in [0.25, 0.3) is 0 Å². The van der Waals surface area contributed by atoms with Gasteiger partial charge in [0.2, 0.25) is 5.91 Å². The Morgan fingerprint density at radius 1 is 1.29 bits per heavy atom. The van der Waals surface area contributed by atoms with Crippen molar-refractivity contribution in [1.82, 2.24) is 5.32 Å². The third-order valence-electron chi connectivity index (χ3n) is 1.88. The first-order chi connectivity index (χ1) is 7.78. The van der Waals surface area contributed by atoms with E-state index < -0.39 is 11.6 Å². The van der Waals surface area contributed by atoms with Crippen LogP contribution >= 0.6 is 0 Å². The molecule has 0 aliphatic heterocycles. The van der Waals surface area contributed by atoms with Crippen molar-refractivity contribution >= 4 is 11.6 Å². The summed E-state index contributed by atoms with van der Waals surface area (Å²) in [5.74, 6) is -1.42. The minimum atomic E-state index is -0.588. The zero-order valence-electron chi connectivity index (χ0n) is 10.1. The van der Waals surface area contributed by atoms with E-state index in [1.54, 1.807) is 0 Å². The van der Waals surface area contributed by atoms with Gasteiger partial charge >= 0.3 is 0 Å². The fourth-order valence-corrected chi connectivity index (χ4v) is 1.27. The summed E-state index contributed by atoms with van der Waals surface area (Å²) in [5, 5.41) is 5.25. The fraction of sp³-hybridized carbons (Fsp3) is 0.417. The molecule has 1 amide bonds. The molecule has 94 valence electrons. The van der Waals surface area contributed by atoms with E-state index in [4.69, 9.17) is 0 Å². The Labute approximate surface area is 99.2 Å². The lowest BCUT2D eigenvalue weighted by Crippen LogP contribution is -2.43. The van der Waals surface area contributed by atoms with Crippen molar-refractivity contribution in [2.75, 3.05) is 11.9 Å².